The fourth-order valence-corrected chi connectivity index (χ4v) is 3.82. The lowest BCUT2D eigenvalue weighted by molar-refractivity contribution is -0.287. The predicted molar refractivity (Wildman–Crippen MR) is 66.0 cm³/mol. The second-order valence-electron chi connectivity index (χ2n) is 6.43. The molecule has 4 rings (SSSR count). The maximum absolute atomic E-state index is 13.3. The molecule has 7 heteroatoms. The molecule has 4 bridgehead atoms. The summed E-state index contributed by atoms with van der Waals surface area (Å²) >= 11 is 0. The third kappa shape index (κ3) is 2.03. The number of alkyl halides is 7. The molecule has 2 saturated carbocycles. The Morgan fingerprint density at radius 1 is 0.955 bits per heavy atom. The molecular weight excluding hydrogens is 313 g/mol. The first-order chi connectivity index (χ1) is 10.1. The minimum atomic E-state index is -5.53. The average Bonchev–Trinajstić information content (AvgIpc) is 3.13. The van der Waals surface area contributed by atoms with Gasteiger partial charge in [0, 0.05) is 5.92 Å². The van der Waals surface area contributed by atoms with Crippen LogP contribution >= 0.6 is 0 Å². The lowest BCUT2D eigenvalue weighted by Gasteiger charge is -2.34. The topological polar surface area (TPSA) is 0 Å². The van der Waals surface area contributed by atoms with Crippen molar-refractivity contribution < 1.29 is 30.7 Å². The quantitative estimate of drug-likeness (QED) is 0.418. The summed E-state index contributed by atoms with van der Waals surface area (Å²) in [5.41, 5.74) is -3.87. The molecule has 0 spiro atoms. The molecule has 0 aromatic rings. The number of hydrogen-bond donors (Lipinski definition) is 0. The van der Waals surface area contributed by atoms with Crippen molar-refractivity contribution in [3.05, 3.63) is 23.3 Å². The van der Waals surface area contributed by atoms with Gasteiger partial charge in [-0.15, -0.1) is 0 Å². The highest BCUT2D eigenvalue weighted by molar-refractivity contribution is 5.37. The average molecular weight is 328 g/mol. The van der Waals surface area contributed by atoms with E-state index in [1.807, 2.05) is 0 Å². The molecule has 4 atom stereocenters. The molecule has 0 nitrogen and oxygen atoms in total. The van der Waals surface area contributed by atoms with E-state index in [0.29, 0.717) is 5.92 Å². The Balaban J connectivity index is 0.000000151. The molecule has 0 N–H and O–H groups in total. The summed E-state index contributed by atoms with van der Waals surface area (Å²) in [6, 6.07) is 0. The Kier molecular flexibility index (Phi) is 3.42. The summed E-state index contributed by atoms with van der Waals surface area (Å²) in [4.78, 5) is 0. The Bertz CT molecular complexity index is 530. The summed E-state index contributed by atoms with van der Waals surface area (Å²) in [5.74, 6) is -5.45. The molecule has 0 saturated heterocycles. The van der Waals surface area contributed by atoms with Crippen LogP contribution in [0.15, 0.2) is 23.3 Å². The van der Waals surface area contributed by atoms with Crippen molar-refractivity contribution in [1.29, 1.82) is 0 Å². The van der Waals surface area contributed by atoms with Crippen molar-refractivity contribution in [2.75, 3.05) is 0 Å². The van der Waals surface area contributed by atoms with Crippen LogP contribution in [0.3, 0.4) is 0 Å². The van der Waals surface area contributed by atoms with Gasteiger partial charge in [-0.05, 0) is 43.6 Å². The van der Waals surface area contributed by atoms with E-state index >= 15 is 0 Å². The van der Waals surface area contributed by atoms with Gasteiger partial charge in [-0.25, -0.2) is 17.6 Å². The summed E-state index contributed by atoms with van der Waals surface area (Å²) in [6.45, 7) is 0. The van der Waals surface area contributed by atoms with Crippen LogP contribution in [0.25, 0.3) is 0 Å². The summed E-state index contributed by atoms with van der Waals surface area (Å²) < 4.78 is 88.6. The molecule has 4 aliphatic rings. The Labute approximate surface area is 123 Å². The maximum atomic E-state index is 13.3. The standard InChI is InChI=1S/C8H6F6.C7H9F/c9-6(8(12,13)14)4-1-2-5(3-4)7(6,10)11;8-7-4-5-1-2-6(7)3-5/h1,5H,2-3H2;1,6-7H,2-4H2. The van der Waals surface area contributed by atoms with E-state index in [1.165, 1.54) is 5.57 Å². The minimum absolute atomic E-state index is 0.163. The second-order valence-corrected chi connectivity index (χ2v) is 6.43. The molecule has 4 aliphatic carbocycles. The molecule has 0 heterocycles. The largest absolute Gasteiger partial charge is 0.432 e. The molecule has 0 aromatic heterocycles. The van der Waals surface area contributed by atoms with Gasteiger partial charge in [-0.2, -0.15) is 13.2 Å². The van der Waals surface area contributed by atoms with Gasteiger partial charge in [-0.3, -0.25) is 0 Å². The summed E-state index contributed by atoms with van der Waals surface area (Å²) in [7, 11) is 0. The number of hydrogen-bond acceptors (Lipinski definition) is 0. The van der Waals surface area contributed by atoms with Gasteiger partial charge in [0.2, 0.25) is 0 Å². The number of rotatable bonds is 0. The SMILES string of the molecule is FC(F)(F)C1(F)C2=CCC(C2)C1(F)F.FC1CC2=CCC1C2. The first-order valence-electron chi connectivity index (χ1n) is 7.22. The van der Waals surface area contributed by atoms with Gasteiger partial charge < -0.3 is 0 Å². The molecular formula is C15H15F7. The number of allylic oxidation sites excluding steroid dienone is 4. The summed E-state index contributed by atoms with van der Waals surface area (Å²) in [6.07, 6.45) is -0.724. The van der Waals surface area contributed by atoms with E-state index < -0.39 is 41.9 Å². The van der Waals surface area contributed by atoms with Crippen molar-refractivity contribution in [1.82, 2.24) is 0 Å². The van der Waals surface area contributed by atoms with Crippen LogP contribution in [-0.4, -0.2) is 23.9 Å². The Morgan fingerprint density at radius 3 is 1.91 bits per heavy atom. The first-order valence-corrected chi connectivity index (χ1v) is 7.22. The molecule has 22 heavy (non-hydrogen) atoms. The van der Waals surface area contributed by atoms with Gasteiger partial charge in [0.05, 0.1) is 0 Å². The van der Waals surface area contributed by atoms with Crippen LogP contribution in [-0.2, 0) is 0 Å². The first kappa shape index (κ1) is 15.9. The van der Waals surface area contributed by atoms with Crippen LogP contribution in [0.1, 0.15) is 32.1 Å². The van der Waals surface area contributed by atoms with Crippen molar-refractivity contribution >= 4 is 0 Å². The van der Waals surface area contributed by atoms with Crippen LogP contribution in [0, 0.1) is 11.8 Å². The third-order valence-corrected chi connectivity index (χ3v) is 5.12. The zero-order chi connectivity index (χ0) is 16.3. The normalized spacial score (nSPS) is 41.1. The van der Waals surface area contributed by atoms with Crippen LogP contribution in [0.5, 0.6) is 0 Å². The highest BCUT2D eigenvalue weighted by atomic mass is 19.4. The monoisotopic (exact) mass is 328 g/mol. The van der Waals surface area contributed by atoms with E-state index in [-0.39, 0.29) is 6.42 Å². The third-order valence-electron chi connectivity index (χ3n) is 5.12. The van der Waals surface area contributed by atoms with Gasteiger partial charge in [0.1, 0.15) is 6.17 Å². The zero-order valence-corrected chi connectivity index (χ0v) is 11.6. The maximum Gasteiger partial charge on any atom is 0.432 e. The van der Waals surface area contributed by atoms with Crippen molar-refractivity contribution in [2.24, 2.45) is 11.8 Å². The van der Waals surface area contributed by atoms with Crippen molar-refractivity contribution in [2.45, 2.75) is 56.0 Å². The van der Waals surface area contributed by atoms with E-state index in [9.17, 15) is 30.7 Å². The van der Waals surface area contributed by atoms with Gasteiger partial charge in [-0.1, -0.05) is 17.7 Å². The van der Waals surface area contributed by atoms with Gasteiger partial charge >= 0.3 is 6.18 Å². The molecule has 0 aliphatic heterocycles. The molecule has 4 unspecified atom stereocenters. The second kappa shape index (κ2) is 4.74. The molecule has 0 aromatic carbocycles. The fraction of sp³-hybridized carbons (Fsp3) is 0.733. The number of halogens is 7. The van der Waals surface area contributed by atoms with Crippen LogP contribution in [0.4, 0.5) is 30.7 Å². The Morgan fingerprint density at radius 2 is 1.64 bits per heavy atom. The van der Waals surface area contributed by atoms with E-state index in [2.05, 4.69) is 6.08 Å². The smallest absolute Gasteiger partial charge is 0.247 e. The van der Waals surface area contributed by atoms with Crippen LogP contribution < -0.4 is 0 Å². The van der Waals surface area contributed by atoms with E-state index in [1.54, 1.807) is 0 Å². The molecule has 0 amide bonds. The molecule has 2 fully saturated rings. The lowest BCUT2D eigenvalue weighted by Crippen LogP contribution is -2.55. The number of fused-ring (bicyclic) bond motifs is 4. The van der Waals surface area contributed by atoms with E-state index in [0.717, 1.165) is 25.3 Å². The Hall–Kier alpha value is -1.01. The van der Waals surface area contributed by atoms with Gasteiger partial charge in [0.15, 0.2) is 0 Å². The summed E-state index contributed by atoms with van der Waals surface area (Å²) in [5, 5.41) is 0. The van der Waals surface area contributed by atoms with Crippen LogP contribution in [0.2, 0.25) is 0 Å². The van der Waals surface area contributed by atoms with Crippen molar-refractivity contribution in [3.8, 4) is 0 Å². The highest BCUT2D eigenvalue weighted by Gasteiger charge is 2.79. The molecule has 124 valence electrons. The fourth-order valence-electron chi connectivity index (χ4n) is 3.82. The van der Waals surface area contributed by atoms with Gasteiger partial charge in [0.25, 0.3) is 11.6 Å². The van der Waals surface area contributed by atoms with E-state index in [4.69, 9.17) is 0 Å². The highest BCUT2D eigenvalue weighted by Crippen LogP contribution is 2.63. The predicted octanol–water partition coefficient (Wildman–Crippen LogP) is 5.31. The lowest BCUT2D eigenvalue weighted by atomic mass is 9.88. The minimum Gasteiger partial charge on any atom is -0.247 e. The zero-order valence-electron chi connectivity index (χ0n) is 11.6. The van der Waals surface area contributed by atoms with Crippen molar-refractivity contribution in [3.63, 3.8) is 0 Å². The molecule has 0 radical (unpaired) electrons.